The van der Waals surface area contributed by atoms with Crippen molar-refractivity contribution in [2.24, 2.45) is 5.92 Å². The standard InChI is InChI=1S/C17H25F2NO/c1-2-3-12-6-7-20-16(10-12)17(21)5-4-13-8-14(18)11-15(19)9-13/h8-9,11-12,16-17,20-21H,2-7,10H2,1H3. The van der Waals surface area contributed by atoms with Gasteiger partial charge in [0.2, 0.25) is 0 Å². The number of nitrogens with one attached hydrogen (secondary N) is 1. The van der Waals surface area contributed by atoms with Crippen LogP contribution in [-0.4, -0.2) is 23.8 Å². The quantitative estimate of drug-likeness (QED) is 0.843. The highest BCUT2D eigenvalue weighted by Gasteiger charge is 2.26. The minimum Gasteiger partial charge on any atom is -0.391 e. The van der Waals surface area contributed by atoms with E-state index in [-0.39, 0.29) is 6.04 Å². The molecule has 118 valence electrons. The van der Waals surface area contributed by atoms with Gasteiger partial charge in [-0.2, -0.15) is 0 Å². The fourth-order valence-corrected chi connectivity index (χ4v) is 3.27. The fourth-order valence-electron chi connectivity index (χ4n) is 3.27. The Morgan fingerprint density at radius 3 is 2.67 bits per heavy atom. The van der Waals surface area contributed by atoms with Crippen LogP contribution in [-0.2, 0) is 6.42 Å². The van der Waals surface area contributed by atoms with Crippen molar-refractivity contribution in [3.63, 3.8) is 0 Å². The molecule has 0 radical (unpaired) electrons. The van der Waals surface area contributed by atoms with Crippen molar-refractivity contribution in [2.45, 2.75) is 57.6 Å². The molecule has 21 heavy (non-hydrogen) atoms. The third-order valence-electron chi connectivity index (χ3n) is 4.36. The number of aryl methyl sites for hydroxylation is 1. The summed E-state index contributed by atoms with van der Waals surface area (Å²) in [7, 11) is 0. The van der Waals surface area contributed by atoms with Gasteiger partial charge in [-0.3, -0.25) is 0 Å². The number of hydrogen-bond donors (Lipinski definition) is 2. The lowest BCUT2D eigenvalue weighted by Crippen LogP contribution is -2.46. The predicted octanol–water partition coefficient (Wildman–Crippen LogP) is 3.43. The van der Waals surface area contributed by atoms with Gasteiger partial charge in [0, 0.05) is 12.1 Å². The van der Waals surface area contributed by atoms with E-state index in [9.17, 15) is 13.9 Å². The van der Waals surface area contributed by atoms with Crippen LogP contribution < -0.4 is 5.32 Å². The molecule has 0 aromatic heterocycles. The summed E-state index contributed by atoms with van der Waals surface area (Å²) in [6.45, 7) is 3.13. The van der Waals surface area contributed by atoms with E-state index in [1.807, 2.05) is 0 Å². The van der Waals surface area contributed by atoms with E-state index in [4.69, 9.17) is 0 Å². The zero-order chi connectivity index (χ0) is 15.2. The molecule has 1 aromatic carbocycles. The van der Waals surface area contributed by atoms with Crippen molar-refractivity contribution in [1.82, 2.24) is 5.32 Å². The largest absolute Gasteiger partial charge is 0.391 e. The van der Waals surface area contributed by atoms with Crippen molar-refractivity contribution < 1.29 is 13.9 Å². The van der Waals surface area contributed by atoms with Gasteiger partial charge < -0.3 is 10.4 Å². The van der Waals surface area contributed by atoms with Gasteiger partial charge in [-0.1, -0.05) is 19.8 Å². The normalized spacial score (nSPS) is 24.0. The van der Waals surface area contributed by atoms with Crippen LogP contribution in [0.3, 0.4) is 0 Å². The molecule has 1 fully saturated rings. The van der Waals surface area contributed by atoms with E-state index in [0.29, 0.717) is 24.3 Å². The van der Waals surface area contributed by atoms with Gasteiger partial charge in [0.15, 0.2) is 0 Å². The highest BCUT2D eigenvalue weighted by molar-refractivity contribution is 5.18. The molecule has 0 amide bonds. The van der Waals surface area contributed by atoms with E-state index < -0.39 is 17.7 Å². The average molecular weight is 297 g/mol. The SMILES string of the molecule is CCCC1CCNC(C(O)CCc2cc(F)cc(F)c2)C1. The van der Waals surface area contributed by atoms with Crippen LogP contribution in [0.2, 0.25) is 0 Å². The van der Waals surface area contributed by atoms with E-state index >= 15 is 0 Å². The summed E-state index contributed by atoms with van der Waals surface area (Å²) < 4.78 is 26.3. The first-order chi connectivity index (χ1) is 10.1. The van der Waals surface area contributed by atoms with Gasteiger partial charge in [-0.05, 0) is 55.8 Å². The van der Waals surface area contributed by atoms with Crippen LogP contribution in [0.4, 0.5) is 8.78 Å². The lowest BCUT2D eigenvalue weighted by molar-refractivity contribution is 0.0896. The zero-order valence-corrected chi connectivity index (χ0v) is 12.6. The van der Waals surface area contributed by atoms with Gasteiger partial charge in [-0.25, -0.2) is 8.78 Å². The molecular formula is C17H25F2NO. The highest BCUT2D eigenvalue weighted by atomic mass is 19.1. The Hall–Kier alpha value is -1.00. The van der Waals surface area contributed by atoms with Crippen molar-refractivity contribution in [2.75, 3.05) is 6.54 Å². The molecule has 0 bridgehead atoms. The molecule has 1 aliphatic rings. The molecular weight excluding hydrogens is 272 g/mol. The fraction of sp³-hybridized carbons (Fsp3) is 0.647. The van der Waals surface area contributed by atoms with E-state index in [0.717, 1.165) is 19.0 Å². The highest BCUT2D eigenvalue weighted by Crippen LogP contribution is 2.24. The first-order valence-electron chi connectivity index (χ1n) is 7.95. The molecule has 2 rings (SSSR count). The lowest BCUT2D eigenvalue weighted by atomic mass is 9.85. The van der Waals surface area contributed by atoms with Crippen molar-refractivity contribution in [3.05, 3.63) is 35.4 Å². The first kappa shape index (κ1) is 16.4. The third-order valence-corrected chi connectivity index (χ3v) is 4.36. The molecule has 2 nitrogen and oxygen atoms in total. The summed E-state index contributed by atoms with van der Waals surface area (Å²) in [5, 5.41) is 13.7. The topological polar surface area (TPSA) is 32.3 Å². The van der Waals surface area contributed by atoms with Crippen LogP contribution in [0.5, 0.6) is 0 Å². The number of hydrogen-bond acceptors (Lipinski definition) is 2. The third kappa shape index (κ3) is 5.04. The lowest BCUT2D eigenvalue weighted by Gasteiger charge is -2.33. The molecule has 0 aliphatic carbocycles. The molecule has 4 heteroatoms. The molecule has 1 saturated heterocycles. The Balaban J connectivity index is 1.84. The minimum absolute atomic E-state index is 0.105. The number of aliphatic hydroxyl groups excluding tert-OH is 1. The summed E-state index contributed by atoms with van der Waals surface area (Å²) in [5.74, 6) is -0.431. The maximum Gasteiger partial charge on any atom is 0.126 e. The number of aliphatic hydroxyl groups is 1. The summed E-state index contributed by atoms with van der Waals surface area (Å²) in [5.41, 5.74) is 0.604. The van der Waals surface area contributed by atoms with E-state index in [1.165, 1.54) is 31.4 Å². The monoisotopic (exact) mass is 297 g/mol. The summed E-state index contributed by atoms with van der Waals surface area (Å²) >= 11 is 0. The van der Waals surface area contributed by atoms with E-state index in [1.54, 1.807) is 0 Å². The molecule has 3 unspecified atom stereocenters. The Bertz CT molecular complexity index is 430. The molecule has 0 saturated carbocycles. The maximum absolute atomic E-state index is 13.1. The Morgan fingerprint density at radius 2 is 2.00 bits per heavy atom. The van der Waals surface area contributed by atoms with Crippen LogP contribution >= 0.6 is 0 Å². The van der Waals surface area contributed by atoms with Crippen LogP contribution in [0, 0.1) is 17.6 Å². The number of rotatable bonds is 6. The number of halogens is 2. The molecule has 1 aliphatic heterocycles. The van der Waals surface area contributed by atoms with Crippen molar-refractivity contribution in [3.8, 4) is 0 Å². The minimum atomic E-state index is -0.557. The Morgan fingerprint density at radius 1 is 1.29 bits per heavy atom. The van der Waals surface area contributed by atoms with Gasteiger partial charge in [0.1, 0.15) is 11.6 Å². The molecule has 0 spiro atoms. The van der Waals surface area contributed by atoms with Crippen LogP contribution in [0.1, 0.15) is 44.6 Å². The average Bonchev–Trinajstić information content (AvgIpc) is 2.44. The zero-order valence-electron chi connectivity index (χ0n) is 12.6. The van der Waals surface area contributed by atoms with Gasteiger partial charge in [0.25, 0.3) is 0 Å². The Labute approximate surface area is 125 Å². The molecule has 1 heterocycles. The Kier molecular flexibility index (Phi) is 6.12. The van der Waals surface area contributed by atoms with Gasteiger partial charge in [0.05, 0.1) is 6.10 Å². The smallest absolute Gasteiger partial charge is 0.126 e. The van der Waals surface area contributed by atoms with Crippen LogP contribution in [0.15, 0.2) is 18.2 Å². The summed E-state index contributed by atoms with van der Waals surface area (Å²) in [6, 6.07) is 3.65. The van der Waals surface area contributed by atoms with Crippen LogP contribution in [0.25, 0.3) is 0 Å². The molecule has 3 atom stereocenters. The molecule has 2 N–H and O–H groups in total. The summed E-state index contributed by atoms with van der Waals surface area (Å²) in [6.07, 6.45) is 5.11. The maximum atomic E-state index is 13.1. The van der Waals surface area contributed by atoms with E-state index in [2.05, 4.69) is 12.2 Å². The second-order valence-electron chi connectivity index (χ2n) is 6.12. The van der Waals surface area contributed by atoms with Crippen molar-refractivity contribution in [1.29, 1.82) is 0 Å². The first-order valence-corrected chi connectivity index (χ1v) is 7.95. The second-order valence-corrected chi connectivity index (χ2v) is 6.12. The second kappa shape index (κ2) is 7.85. The number of benzene rings is 1. The molecule has 1 aromatic rings. The van der Waals surface area contributed by atoms with Gasteiger partial charge in [-0.15, -0.1) is 0 Å². The predicted molar refractivity (Wildman–Crippen MR) is 80.1 cm³/mol. The van der Waals surface area contributed by atoms with Gasteiger partial charge >= 0.3 is 0 Å². The summed E-state index contributed by atoms with van der Waals surface area (Å²) in [4.78, 5) is 0. The van der Waals surface area contributed by atoms with Crippen molar-refractivity contribution >= 4 is 0 Å². The number of piperidine rings is 1.